The molecule has 1 aliphatic rings. The molecule has 0 unspecified atom stereocenters. The predicted octanol–water partition coefficient (Wildman–Crippen LogP) is 1.56. The monoisotopic (exact) mass is 223 g/mol. The number of oxazole rings is 1. The standard InChI is InChI=1S/C12H21N3O/c1-11-9-14-12(16-11)10-13-5-4-8-15-6-2-3-7-15/h9,13H,2-8,10H2,1H3. The maximum absolute atomic E-state index is 5.38. The first kappa shape index (κ1) is 11.6. The SMILES string of the molecule is Cc1cnc(CNCCCN2CCCC2)o1. The van der Waals surface area contributed by atoms with Gasteiger partial charge in [-0.15, -0.1) is 0 Å². The zero-order valence-electron chi connectivity index (χ0n) is 10.0. The highest BCUT2D eigenvalue weighted by molar-refractivity contribution is 4.90. The van der Waals surface area contributed by atoms with Gasteiger partial charge in [0.25, 0.3) is 0 Å². The first-order chi connectivity index (χ1) is 7.84. The molecule has 0 amide bonds. The molecule has 90 valence electrons. The number of rotatable bonds is 6. The third-order valence-corrected chi connectivity index (χ3v) is 2.97. The van der Waals surface area contributed by atoms with E-state index in [-0.39, 0.29) is 0 Å². The van der Waals surface area contributed by atoms with Crippen molar-refractivity contribution in [3.8, 4) is 0 Å². The Morgan fingerprint density at radius 1 is 1.44 bits per heavy atom. The van der Waals surface area contributed by atoms with Crippen LogP contribution in [0.5, 0.6) is 0 Å². The highest BCUT2D eigenvalue weighted by Crippen LogP contribution is 2.07. The van der Waals surface area contributed by atoms with Crippen LogP contribution in [-0.4, -0.2) is 36.1 Å². The zero-order valence-corrected chi connectivity index (χ0v) is 10.0. The molecular formula is C12H21N3O. The molecule has 1 N–H and O–H groups in total. The molecule has 1 fully saturated rings. The minimum Gasteiger partial charge on any atom is -0.445 e. The van der Waals surface area contributed by atoms with E-state index in [1.54, 1.807) is 6.20 Å². The average molecular weight is 223 g/mol. The third kappa shape index (κ3) is 3.61. The van der Waals surface area contributed by atoms with Gasteiger partial charge in [-0.25, -0.2) is 4.98 Å². The van der Waals surface area contributed by atoms with Crippen LogP contribution in [0, 0.1) is 6.92 Å². The van der Waals surface area contributed by atoms with E-state index >= 15 is 0 Å². The lowest BCUT2D eigenvalue weighted by atomic mass is 10.4. The Morgan fingerprint density at radius 3 is 2.94 bits per heavy atom. The molecule has 2 heterocycles. The largest absolute Gasteiger partial charge is 0.445 e. The van der Waals surface area contributed by atoms with Crippen LogP contribution < -0.4 is 5.32 Å². The van der Waals surface area contributed by atoms with Crippen LogP contribution in [0.15, 0.2) is 10.6 Å². The Labute approximate surface area is 97.0 Å². The first-order valence-electron chi connectivity index (χ1n) is 6.19. The molecule has 0 spiro atoms. The number of aryl methyl sites for hydroxylation is 1. The number of likely N-dealkylation sites (tertiary alicyclic amines) is 1. The summed E-state index contributed by atoms with van der Waals surface area (Å²) in [7, 11) is 0. The normalized spacial score (nSPS) is 17.1. The van der Waals surface area contributed by atoms with Gasteiger partial charge in [0, 0.05) is 0 Å². The lowest BCUT2D eigenvalue weighted by molar-refractivity contribution is 0.329. The van der Waals surface area contributed by atoms with Gasteiger partial charge in [-0.05, 0) is 52.4 Å². The van der Waals surface area contributed by atoms with Gasteiger partial charge in [-0.1, -0.05) is 0 Å². The van der Waals surface area contributed by atoms with E-state index < -0.39 is 0 Å². The Bertz CT molecular complexity index is 305. The Balaban J connectivity index is 1.51. The quantitative estimate of drug-likeness (QED) is 0.743. The molecule has 1 aromatic rings. The predicted molar refractivity (Wildman–Crippen MR) is 63.2 cm³/mol. The zero-order chi connectivity index (χ0) is 11.2. The summed E-state index contributed by atoms with van der Waals surface area (Å²) in [4.78, 5) is 6.69. The third-order valence-electron chi connectivity index (χ3n) is 2.97. The van der Waals surface area contributed by atoms with Crippen molar-refractivity contribution in [3.05, 3.63) is 17.8 Å². The van der Waals surface area contributed by atoms with Crippen LogP contribution in [0.4, 0.5) is 0 Å². The number of nitrogens with zero attached hydrogens (tertiary/aromatic N) is 2. The summed E-state index contributed by atoms with van der Waals surface area (Å²) in [6, 6.07) is 0. The van der Waals surface area contributed by atoms with Crippen molar-refractivity contribution in [2.75, 3.05) is 26.2 Å². The molecule has 4 nitrogen and oxygen atoms in total. The van der Waals surface area contributed by atoms with Crippen molar-refractivity contribution >= 4 is 0 Å². The summed E-state index contributed by atoms with van der Waals surface area (Å²) in [6.45, 7) is 7.51. The van der Waals surface area contributed by atoms with E-state index in [2.05, 4.69) is 15.2 Å². The lowest BCUT2D eigenvalue weighted by Gasteiger charge is -2.13. The Kier molecular flexibility index (Phi) is 4.36. The van der Waals surface area contributed by atoms with E-state index in [0.29, 0.717) is 0 Å². The first-order valence-corrected chi connectivity index (χ1v) is 6.19. The van der Waals surface area contributed by atoms with E-state index in [1.807, 2.05) is 6.92 Å². The molecule has 0 bridgehead atoms. The van der Waals surface area contributed by atoms with Gasteiger partial charge in [-0.2, -0.15) is 0 Å². The van der Waals surface area contributed by atoms with Crippen molar-refractivity contribution in [2.45, 2.75) is 32.7 Å². The summed E-state index contributed by atoms with van der Waals surface area (Å²) < 4.78 is 5.38. The van der Waals surface area contributed by atoms with Crippen molar-refractivity contribution in [1.29, 1.82) is 0 Å². The molecule has 2 rings (SSSR count). The van der Waals surface area contributed by atoms with Gasteiger partial charge in [0.15, 0.2) is 0 Å². The summed E-state index contributed by atoms with van der Waals surface area (Å²) in [5.41, 5.74) is 0. The molecule has 4 heteroatoms. The molecular weight excluding hydrogens is 202 g/mol. The average Bonchev–Trinajstić information content (AvgIpc) is 2.89. The van der Waals surface area contributed by atoms with Crippen LogP contribution in [-0.2, 0) is 6.54 Å². The maximum atomic E-state index is 5.38. The molecule has 16 heavy (non-hydrogen) atoms. The Hall–Kier alpha value is -0.870. The highest BCUT2D eigenvalue weighted by atomic mass is 16.4. The van der Waals surface area contributed by atoms with E-state index in [1.165, 1.54) is 38.9 Å². The van der Waals surface area contributed by atoms with E-state index in [0.717, 1.165) is 24.7 Å². The van der Waals surface area contributed by atoms with Gasteiger partial charge in [0.2, 0.25) is 5.89 Å². The van der Waals surface area contributed by atoms with Crippen LogP contribution in [0.2, 0.25) is 0 Å². The Morgan fingerprint density at radius 2 is 2.25 bits per heavy atom. The fourth-order valence-electron chi connectivity index (χ4n) is 2.11. The van der Waals surface area contributed by atoms with E-state index in [4.69, 9.17) is 4.42 Å². The smallest absolute Gasteiger partial charge is 0.208 e. The number of nitrogens with one attached hydrogen (secondary N) is 1. The number of hydrogen-bond acceptors (Lipinski definition) is 4. The second-order valence-corrected chi connectivity index (χ2v) is 4.44. The van der Waals surface area contributed by atoms with Gasteiger partial charge < -0.3 is 14.6 Å². The molecule has 0 aromatic carbocycles. The van der Waals surface area contributed by atoms with Crippen LogP contribution in [0.3, 0.4) is 0 Å². The molecule has 1 aliphatic heterocycles. The van der Waals surface area contributed by atoms with Gasteiger partial charge >= 0.3 is 0 Å². The summed E-state index contributed by atoms with van der Waals surface area (Å²) in [5, 5.41) is 3.36. The van der Waals surface area contributed by atoms with Gasteiger partial charge in [-0.3, -0.25) is 0 Å². The molecule has 0 atom stereocenters. The fraction of sp³-hybridized carbons (Fsp3) is 0.750. The van der Waals surface area contributed by atoms with Crippen molar-refractivity contribution < 1.29 is 4.42 Å². The van der Waals surface area contributed by atoms with Crippen molar-refractivity contribution in [3.63, 3.8) is 0 Å². The van der Waals surface area contributed by atoms with Crippen LogP contribution in [0.25, 0.3) is 0 Å². The second kappa shape index (κ2) is 6.01. The van der Waals surface area contributed by atoms with Crippen LogP contribution >= 0.6 is 0 Å². The van der Waals surface area contributed by atoms with Crippen molar-refractivity contribution in [2.24, 2.45) is 0 Å². The van der Waals surface area contributed by atoms with Gasteiger partial charge in [0.05, 0.1) is 12.7 Å². The molecule has 0 saturated carbocycles. The minimum absolute atomic E-state index is 0.744. The summed E-state index contributed by atoms with van der Waals surface area (Å²) in [6.07, 6.45) is 5.73. The topological polar surface area (TPSA) is 41.3 Å². The number of hydrogen-bond donors (Lipinski definition) is 1. The minimum atomic E-state index is 0.744. The fourth-order valence-corrected chi connectivity index (χ4v) is 2.11. The second-order valence-electron chi connectivity index (χ2n) is 4.44. The van der Waals surface area contributed by atoms with Gasteiger partial charge in [0.1, 0.15) is 5.76 Å². The van der Waals surface area contributed by atoms with E-state index in [9.17, 15) is 0 Å². The number of aromatic nitrogens is 1. The molecule has 0 aliphatic carbocycles. The van der Waals surface area contributed by atoms with Crippen LogP contribution in [0.1, 0.15) is 30.9 Å². The molecule has 1 aromatic heterocycles. The highest BCUT2D eigenvalue weighted by Gasteiger charge is 2.09. The molecule has 0 radical (unpaired) electrons. The maximum Gasteiger partial charge on any atom is 0.208 e. The summed E-state index contributed by atoms with van der Waals surface area (Å²) >= 11 is 0. The molecule has 1 saturated heterocycles. The van der Waals surface area contributed by atoms with Crippen molar-refractivity contribution in [1.82, 2.24) is 15.2 Å². The lowest BCUT2D eigenvalue weighted by Crippen LogP contribution is -2.24. The summed E-state index contributed by atoms with van der Waals surface area (Å²) in [5.74, 6) is 1.67.